The fourth-order valence-electron chi connectivity index (χ4n) is 2.32. The Bertz CT molecular complexity index is 682. The average molecular weight is 360 g/mol. The molecule has 0 aliphatic carbocycles. The van der Waals surface area contributed by atoms with Crippen molar-refractivity contribution in [1.82, 2.24) is 0 Å². The monoisotopic (exact) mass is 359 g/mol. The van der Waals surface area contributed by atoms with E-state index in [4.69, 9.17) is 10.5 Å². The van der Waals surface area contributed by atoms with E-state index in [1.165, 1.54) is 5.56 Å². The molecule has 116 valence electrons. The normalized spacial score (nSPS) is 11.9. The predicted octanol–water partition coefficient (Wildman–Crippen LogP) is 5.51. The molecule has 0 unspecified atom stereocenters. The second-order valence-corrected chi connectivity index (χ2v) is 7.24. The lowest BCUT2D eigenvalue weighted by Crippen LogP contribution is -2.13. The van der Waals surface area contributed by atoms with E-state index in [9.17, 15) is 0 Å². The van der Waals surface area contributed by atoms with Crippen molar-refractivity contribution >= 4 is 33.8 Å². The van der Waals surface area contributed by atoms with Gasteiger partial charge in [-0.1, -0.05) is 61.0 Å². The topological polar surface area (TPSA) is 35.2 Å². The first kappa shape index (κ1) is 16.6. The first-order valence-electron chi connectivity index (χ1n) is 7.23. The summed E-state index contributed by atoms with van der Waals surface area (Å²) in [6.07, 6.45) is 4.14. The lowest BCUT2D eigenvalue weighted by molar-refractivity contribution is 0.396. The molecule has 2 rings (SSSR count). The number of hydrogen-bond donors (Lipinski definition) is 1. The second-order valence-electron chi connectivity index (χ2n) is 6.33. The van der Waals surface area contributed by atoms with Gasteiger partial charge in [0.25, 0.3) is 0 Å². The molecule has 0 spiro atoms. The van der Waals surface area contributed by atoms with Gasteiger partial charge >= 0.3 is 0 Å². The zero-order valence-electron chi connectivity index (χ0n) is 13.5. The van der Waals surface area contributed by atoms with E-state index in [2.05, 4.69) is 61.0 Å². The molecule has 22 heavy (non-hydrogen) atoms. The molecular formula is C19H22BrNO. The fourth-order valence-corrected chi connectivity index (χ4v) is 2.79. The van der Waals surface area contributed by atoms with Gasteiger partial charge in [-0.15, -0.1) is 0 Å². The molecule has 0 atom stereocenters. The van der Waals surface area contributed by atoms with E-state index in [1.54, 1.807) is 7.11 Å². The van der Waals surface area contributed by atoms with Crippen LogP contribution in [-0.2, 0) is 5.41 Å². The number of anilines is 1. The minimum Gasteiger partial charge on any atom is -0.496 e. The van der Waals surface area contributed by atoms with Gasteiger partial charge in [-0.2, -0.15) is 0 Å². The summed E-state index contributed by atoms with van der Waals surface area (Å²) in [5.41, 5.74) is 9.84. The van der Waals surface area contributed by atoms with Gasteiger partial charge in [0.2, 0.25) is 0 Å². The van der Waals surface area contributed by atoms with Gasteiger partial charge in [0.1, 0.15) is 5.75 Å². The quantitative estimate of drug-likeness (QED) is 0.579. The van der Waals surface area contributed by atoms with Crippen LogP contribution in [0.5, 0.6) is 5.75 Å². The van der Waals surface area contributed by atoms with Crippen LogP contribution < -0.4 is 10.5 Å². The third-order valence-corrected chi connectivity index (χ3v) is 3.94. The Morgan fingerprint density at radius 2 is 1.68 bits per heavy atom. The SMILES string of the molecule is COc1c(C=Cc2ccc(N)cc2)cc(Br)cc1C(C)(C)C. The molecule has 0 fully saturated rings. The van der Waals surface area contributed by atoms with E-state index >= 15 is 0 Å². The smallest absolute Gasteiger partial charge is 0.129 e. The summed E-state index contributed by atoms with van der Waals surface area (Å²) in [5.74, 6) is 0.919. The standard InChI is InChI=1S/C19H22BrNO/c1-19(2,3)17-12-15(20)11-14(18(17)22-4)8-5-13-6-9-16(21)10-7-13/h5-12H,21H2,1-4H3. The first-order valence-corrected chi connectivity index (χ1v) is 8.02. The van der Waals surface area contributed by atoms with E-state index in [1.807, 2.05) is 24.3 Å². The molecular weight excluding hydrogens is 338 g/mol. The summed E-state index contributed by atoms with van der Waals surface area (Å²) in [5, 5.41) is 0. The molecule has 0 amide bonds. The minimum absolute atomic E-state index is 0.0128. The number of ether oxygens (including phenoxy) is 1. The van der Waals surface area contributed by atoms with Crippen molar-refractivity contribution < 1.29 is 4.74 Å². The number of rotatable bonds is 3. The number of nitrogen functional groups attached to an aromatic ring is 1. The van der Waals surface area contributed by atoms with Crippen molar-refractivity contribution in [1.29, 1.82) is 0 Å². The maximum absolute atomic E-state index is 5.72. The second kappa shape index (κ2) is 6.57. The highest BCUT2D eigenvalue weighted by Gasteiger charge is 2.21. The Kier molecular flexibility index (Phi) is 4.97. The lowest BCUT2D eigenvalue weighted by atomic mass is 9.85. The summed E-state index contributed by atoms with van der Waals surface area (Å²) in [6.45, 7) is 6.56. The van der Waals surface area contributed by atoms with Crippen LogP contribution in [0.1, 0.15) is 37.5 Å². The molecule has 0 aromatic heterocycles. The van der Waals surface area contributed by atoms with E-state index in [0.29, 0.717) is 0 Å². The molecule has 2 N–H and O–H groups in total. The van der Waals surface area contributed by atoms with Gasteiger partial charge in [-0.3, -0.25) is 0 Å². The molecule has 2 aromatic rings. The van der Waals surface area contributed by atoms with Crippen LogP contribution in [0.15, 0.2) is 40.9 Å². The molecule has 2 aromatic carbocycles. The number of benzene rings is 2. The molecule has 0 aliphatic rings. The van der Waals surface area contributed by atoms with Crippen molar-refractivity contribution in [3.63, 3.8) is 0 Å². The zero-order valence-corrected chi connectivity index (χ0v) is 15.1. The average Bonchev–Trinajstić information content (AvgIpc) is 2.45. The molecule has 0 aliphatic heterocycles. The van der Waals surface area contributed by atoms with Crippen molar-refractivity contribution in [2.75, 3.05) is 12.8 Å². The summed E-state index contributed by atoms with van der Waals surface area (Å²) >= 11 is 3.60. The van der Waals surface area contributed by atoms with Gasteiger partial charge in [0, 0.05) is 21.3 Å². The van der Waals surface area contributed by atoms with Crippen LogP contribution in [0.25, 0.3) is 12.2 Å². The molecule has 0 heterocycles. The van der Waals surface area contributed by atoms with Gasteiger partial charge in [-0.25, -0.2) is 0 Å². The van der Waals surface area contributed by atoms with Crippen molar-refractivity contribution in [3.05, 3.63) is 57.6 Å². The Morgan fingerprint density at radius 1 is 1.05 bits per heavy atom. The minimum atomic E-state index is 0.0128. The van der Waals surface area contributed by atoms with E-state index < -0.39 is 0 Å². The molecule has 3 heteroatoms. The highest BCUT2D eigenvalue weighted by Crippen LogP contribution is 2.37. The zero-order chi connectivity index (χ0) is 16.3. The van der Waals surface area contributed by atoms with Crippen molar-refractivity contribution in [2.24, 2.45) is 0 Å². The Morgan fingerprint density at radius 3 is 2.23 bits per heavy atom. The van der Waals surface area contributed by atoms with Crippen LogP contribution in [0.4, 0.5) is 5.69 Å². The molecule has 0 bridgehead atoms. The summed E-state index contributed by atoms with van der Waals surface area (Å²) in [6, 6.07) is 12.0. The number of nitrogens with two attached hydrogens (primary N) is 1. The maximum atomic E-state index is 5.72. The fraction of sp³-hybridized carbons (Fsp3) is 0.263. The number of methoxy groups -OCH3 is 1. The number of hydrogen-bond acceptors (Lipinski definition) is 2. The first-order chi connectivity index (χ1) is 10.3. The third-order valence-electron chi connectivity index (χ3n) is 3.49. The Labute approximate surface area is 141 Å². The highest BCUT2D eigenvalue weighted by atomic mass is 79.9. The Hall–Kier alpha value is -1.74. The van der Waals surface area contributed by atoms with Crippen LogP contribution >= 0.6 is 15.9 Å². The highest BCUT2D eigenvalue weighted by molar-refractivity contribution is 9.10. The van der Waals surface area contributed by atoms with Crippen LogP contribution in [-0.4, -0.2) is 7.11 Å². The summed E-state index contributed by atoms with van der Waals surface area (Å²) in [4.78, 5) is 0. The van der Waals surface area contributed by atoms with Crippen molar-refractivity contribution in [3.8, 4) is 5.75 Å². The van der Waals surface area contributed by atoms with Crippen LogP contribution in [0, 0.1) is 0 Å². The van der Waals surface area contributed by atoms with Gasteiger partial charge in [0.05, 0.1) is 7.11 Å². The number of halogens is 1. The molecule has 2 nitrogen and oxygen atoms in total. The molecule has 0 saturated carbocycles. The third kappa shape index (κ3) is 3.92. The van der Waals surface area contributed by atoms with Crippen LogP contribution in [0.3, 0.4) is 0 Å². The molecule has 0 radical (unpaired) electrons. The largest absolute Gasteiger partial charge is 0.496 e. The van der Waals surface area contributed by atoms with Gasteiger partial charge in [0.15, 0.2) is 0 Å². The lowest BCUT2D eigenvalue weighted by Gasteiger charge is -2.24. The van der Waals surface area contributed by atoms with Gasteiger partial charge in [-0.05, 0) is 35.2 Å². The van der Waals surface area contributed by atoms with Gasteiger partial charge < -0.3 is 10.5 Å². The van der Waals surface area contributed by atoms with Crippen LogP contribution in [0.2, 0.25) is 0 Å². The predicted molar refractivity (Wildman–Crippen MR) is 99.2 cm³/mol. The van der Waals surface area contributed by atoms with E-state index in [0.717, 1.165) is 27.0 Å². The summed E-state index contributed by atoms with van der Waals surface area (Å²) in [7, 11) is 1.72. The Balaban J connectivity index is 2.46. The van der Waals surface area contributed by atoms with Crippen molar-refractivity contribution in [2.45, 2.75) is 26.2 Å². The summed E-state index contributed by atoms with van der Waals surface area (Å²) < 4.78 is 6.72. The maximum Gasteiger partial charge on any atom is 0.129 e. The molecule has 0 saturated heterocycles. The van der Waals surface area contributed by atoms with E-state index in [-0.39, 0.29) is 5.41 Å².